The van der Waals surface area contributed by atoms with Crippen LogP contribution in [0.2, 0.25) is 0 Å². The van der Waals surface area contributed by atoms with Gasteiger partial charge in [-0.15, -0.1) is 0 Å². The summed E-state index contributed by atoms with van der Waals surface area (Å²) in [4.78, 5) is 28.0. The molecule has 0 aliphatic carbocycles. The lowest BCUT2D eigenvalue weighted by molar-refractivity contribution is -0.385. The molecule has 1 N–H and O–H groups in total. The molecular weight excluding hydrogens is 452 g/mol. The second kappa shape index (κ2) is 10.3. The second-order valence-electron chi connectivity index (χ2n) is 8.75. The predicted octanol–water partition coefficient (Wildman–Crippen LogP) is 3.88. The zero-order chi connectivity index (χ0) is 25.9. The zero-order valence-corrected chi connectivity index (χ0v) is 20.3. The molecule has 0 aromatic heterocycles. The van der Waals surface area contributed by atoms with Gasteiger partial charge in [-0.2, -0.15) is 0 Å². The number of rotatable bonds is 6. The van der Waals surface area contributed by atoms with E-state index in [2.05, 4.69) is 5.16 Å². The van der Waals surface area contributed by atoms with E-state index in [9.17, 15) is 25.4 Å². The van der Waals surface area contributed by atoms with Gasteiger partial charge >= 0.3 is 0 Å². The highest BCUT2D eigenvalue weighted by Gasteiger charge is 2.26. The fourth-order valence-electron chi connectivity index (χ4n) is 3.91. The molecule has 35 heavy (non-hydrogen) atoms. The number of nitro benzene ring substituents is 2. The van der Waals surface area contributed by atoms with Crippen LogP contribution in [0.25, 0.3) is 12.2 Å². The summed E-state index contributed by atoms with van der Waals surface area (Å²) in [5.41, 5.74) is 3.31. The smallest absolute Gasteiger partial charge is 0.278 e. The lowest BCUT2D eigenvalue weighted by Gasteiger charge is -2.28. The lowest BCUT2D eigenvalue weighted by atomic mass is 9.93. The highest BCUT2D eigenvalue weighted by atomic mass is 16.6. The summed E-state index contributed by atoms with van der Waals surface area (Å²) in [6.45, 7) is 0.760. The van der Waals surface area contributed by atoms with Gasteiger partial charge in [-0.25, -0.2) is 0 Å². The number of nitro groups is 2. The summed E-state index contributed by atoms with van der Waals surface area (Å²) in [5, 5.41) is 36.8. The first-order valence-electron chi connectivity index (χ1n) is 10.8. The van der Waals surface area contributed by atoms with Crippen LogP contribution in [0.4, 0.5) is 22.7 Å². The average Bonchev–Trinajstić information content (AvgIpc) is 2.78. The van der Waals surface area contributed by atoms with Crippen molar-refractivity contribution in [3.05, 3.63) is 78.9 Å². The number of piperidine rings is 1. The van der Waals surface area contributed by atoms with Crippen molar-refractivity contribution in [1.82, 2.24) is 4.90 Å². The van der Waals surface area contributed by atoms with E-state index in [-0.39, 0.29) is 17.1 Å². The first-order valence-corrected chi connectivity index (χ1v) is 10.8. The Hall–Kier alpha value is -4.25. The molecule has 0 unspecified atom stereocenters. The van der Waals surface area contributed by atoms with Gasteiger partial charge in [0, 0.05) is 64.8 Å². The third kappa shape index (κ3) is 5.64. The van der Waals surface area contributed by atoms with E-state index in [4.69, 9.17) is 0 Å². The predicted molar refractivity (Wildman–Crippen MR) is 138 cm³/mol. The van der Waals surface area contributed by atoms with E-state index < -0.39 is 9.85 Å². The van der Waals surface area contributed by atoms with Crippen LogP contribution >= 0.6 is 0 Å². The van der Waals surface area contributed by atoms with Crippen LogP contribution in [-0.2, 0) is 0 Å². The van der Waals surface area contributed by atoms with Crippen molar-refractivity contribution in [2.45, 2.75) is 0 Å². The molecule has 11 nitrogen and oxygen atoms in total. The SMILES string of the molecule is CN1C/C(=C\c2ccc(N(C)C)cc2[N+](=O)[O-])C(=NO)/C(=C/c2ccc(N(C)C)cc2[N+](=O)[O-])C1. The van der Waals surface area contributed by atoms with Crippen molar-refractivity contribution < 1.29 is 15.1 Å². The van der Waals surface area contributed by atoms with E-state index in [1.165, 1.54) is 12.1 Å². The van der Waals surface area contributed by atoms with E-state index >= 15 is 0 Å². The van der Waals surface area contributed by atoms with Crippen LogP contribution < -0.4 is 9.80 Å². The molecule has 1 heterocycles. The average molecular weight is 481 g/mol. The van der Waals surface area contributed by atoms with Gasteiger partial charge in [0.15, 0.2) is 0 Å². The van der Waals surface area contributed by atoms with Crippen LogP contribution in [0.5, 0.6) is 0 Å². The van der Waals surface area contributed by atoms with Crippen molar-refractivity contribution >= 4 is 40.6 Å². The Morgan fingerprint density at radius 2 is 1.26 bits per heavy atom. The Morgan fingerprint density at radius 3 is 1.57 bits per heavy atom. The molecule has 0 atom stereocenters. The maximum absolute atomic E-state index is 11.7. The molecule has 1 aliphatic rings. The zero-order valence-electron chi connectivity index (χ0n) is 20.3. The number of anilines is 2. The third-order valence-corrected chi connectivity index (χ3v) is 5.70. The summed E-state index contributed by atoms with van der Waals surface area (Å²) >= 11 is 0. The van der Waals surface area contributed by atoms with Crippen LogP contribution in [0.3, 0.4) is 0 Å². The molecule has 1 fully saturated rings. The van der Waals surface area contributed by atoms with Gasteiger partial charge < -0.3 is 15.0 Å². The maximum Gasteiger partial charge on any atom is 0.278 e. The van der Waals surface area contributed by atoms with Gasteiger partial charge in [0.05, 0.1) is 21.0 Å². The maximum atomic E-state index is 11.7. The third-order valence-electron chi connectivity index (χ3n) is 5.70. The molecule has 0 bridgehead atoms. The highest BCUT2D eigenvalue weighted by molar-refractivity contribution is 6.18. The van der Waals surface area contributed by atoms with E-state index in [1.807, 2.05) is 11.9 Å². The molecule has 0 radical (unpaired) electrons. The van der Waals surface area contributed by atoms with Gasteiger partial charge in [-0.3, -0.25) is 25.1 Å². The van der Waals surface area contributed by atoms with E-state index in [0.717, 1.165) is 0 Å². The van der Waals surface area contributed by atoms with Crippen molar-refractivity contribution in [2.24, 2.45) is 5.16 Å². The van der Waals surface area contributed by atoms with Gasteiger partial charge in [0.1, 0.15) is 5.71 Å². The number of nitrogens with zero attached hydrogens (tertiary/aromatic N) is 6. The van der Waals surface area contributed by atoms with Crippen molar-refractivity contribution in [3.63, 3.8) is 0 Å². The second-order valence-corrected chi connectivity index (χ2v) is 8.75. The number of oxime groups is 1. The Bertz CT molecular complexity index is 1160. The molecule has 11 heteroatoms. The Labute approximate surface area is 203 Å². The number of likely N-dealkylation sites (tertiary alicyclic amines) is 1. The highest BCUT2D eigenvalue weighted by Crippen LogP contribution is 2.31. The monoisotopic (exact) mass is 480 g/mol. The summed E-state index contributed by atoms with van der Waals surface area (Å²) in [5.74, 6) is 0. The number of hydrogen-bond donors (Lipinski definition) is 1. The van der Waals surface area contributed by atoms with Gasteiger partial charge in [0.25, 0.3) is 11.4 Å². The molecule has 2 aromatic rings. The largest absolute Gasteiger partial charge is 0.410 e. The molecule has 2 aromatic carbocycles. The molecule has 1 aliphatic heterocycles. The summed E-state index contributed by atoms with van der Waals surface area (Å²) in [6, 6.07) is 9.82. The van der Waals surface area contributed by atoms with Gasteiger partial charge in [-0.1, -0.05) is 5.16 Å². The first kappa shape index (κ1) is 25.4. The number of likely N-dealkylation sites (N-methyl/N-ethyl adjacent to an activating group) is 1. The molecule has 1 saturated heterocycles. The van der Waals surface area contributed by atoms with Gasteiger partial charge in [-0.05, 0) is 54.6 Å². The van der Waals surface area contributed by atoms with Crippen molar-refractivity contribution in [2.75, 3.05) is 58.1 Å². The van der Waals surface area contributed by atoms with Gasteiger partial charge in [0.2, 0.25) is 0 Å². The topological polar surface area (TPSA) is 129 Å². The Morgan fingerprint density at radius 1 is 0.857 bits per heavy atom. The molecule has 0 saturated carbocycles. The Balaban J connectivity index is 2.11. The van der Waals surface area contributed by atoms with Crippen molar-refractivity contribution in [3.8, 4) is 0 Å². The normalized spacial score (nSPS) is 16.4. The number of benzene rings is 2. The summed E-state index contributed by atoms with van der Waals surface area (Å²) in [7, 11) is 9.04. The van der Waals surface area contributed by atoms with Crippen LogP contribution in [0, 0.1) is 20.2 Å². The van der Waals surface area contributed by atoms with E-state index in [1.54, 1.807) is 74.4 Å². The minimum Gasteiger partial charge on any atom is -0.410 e. The minimum atomic E-state index is -0.450. The molecule has 3 rings (SSSR count). The fraction of sp³-hybridized carbons (Fsp3) is 0.292. The lowest BCUT2D eigenvalue weighted by Crippen LogP contribution is -2.35. The van der Waals surface area contributed by atoms with Crippen LogP contribution in [0.1, 0.15) is 11.1 Å². The molecule has 0 spiro atoms. The molecule has 0 amide bonds. The van der Waals surface area contributed by atoms with E-state index in [0.29, 0.717) is 46.7 Å². The first-order chi connectivity index (χ1) is 16.5. The Kier molecular flexibility index (Phi) is 7.50. The quantitative estimate of drug-likeness (QED) is 0.375. The summed E-state index contributed by atoms with van der Waals surface area (Å²) < 4.78 is 0. The van der Waals surface area contributed by atoms with Crippen molar-refractivity contribution in [1.29, 1.82) is 0 Å². The minimum absolute atomic E-state index is 0.0744. The van der Waals surface area contributed by atoms with Crippen LogP contribution in [-0.4, -0.2) is 74.0 Å². The summed E-state index contributed by atoms with van der Waals surface area (Å²) in [6.07, 6.45) is 3.25. The fourth-order valence-corrected chi connectivity index (χ4v) is 3.91. The van der Waals surface area contributed by atoms with Crippen LogP contribution in [0.15, 0.2) is 52.7 Å². The standard InChI is InChI=1S/C24H28N6O5/c1-26(2)20-8-6-16(22(12-20)29(32)33)10-18-14-28(5)15-19(24(18)25-31)11-17-7-9-21(27(3)4)13-23(17)30(34)35/h6-13,31H,14-15H2,1-5H3/b18-10+,19-11+. The number of hydrogen-bond acceptors (Lipinski definition) is 9. The molecule has 184 valence electrons. The molecular formula is C24H28N6O5.